The Balaban J connectivity index is 2.35. The lowest BCUT2D eigenvalue weighted by molar-refractivity contribution is 0.281. The normalized spacial score (nSPS) is 11.3. The minimum Gasteiger partial charge on any atom is -0.392 e. The van der Waals surface area contributed by atoms with Gasteiger partial charge < -0.3 is 5.11 Å². The number of rotatable bonds is 4. The monoisotopic (exact) mass is 278 g/mol. The molecule has 2 aromatic rings. The molecule has 0 aliphatic heterocycles. The van der Waals surface area contributed by atoms with Gasteiger partial charge >= 0.3 is 0 Å². The summed E-state index contributed by atoms with van der Waals surface area (Å²) in [6.45, 7) is 1.60. The molecule has 0 bridgehead atoms. The van der Waals surface area contributed by atoms with Crippen molar-refractivity contribution in [2.45, 2.75) is 18.4 Å². The van der Waals surface area contributed by atoms with E-state index < -0.39 is 10.0 Å². The van der Waals surface area contributed by atoms with Crippen molar-refractivity contribution in [1.29, 1.82) is 0 Å². The Morgan fingerprint density at radius 1 is 1.32 bits per heavy atom. The molecule has 0 unspecified atom stereocenters. The summed E-state index contributed by atoms with van der Waals surface area (Å²) in [5.74, 6) is 0. The van der Waals surface area contributed by atoms with E-state index in [1.807, 2.05) is 0 Å². The maximum atomic E-state index is 12.2. The third kappa shape index (κ3) is 3.10. The summed E-state index contributed by atoms with van der Waals surface area (Å²) >= 11 is 0. The van der Waals surface area contributed by atoms with E-state index in [0.29, 0.717) is 11.3 Å². The first-order valence-corrected chi connectivity index (χ1v) is 7.14. The van der Waals surface area contributed by atoms with Gasteiger partial charge in [0.05, 0.1) is 23.4 Å². The van der Waals surface area contributed by atoms with Crippen molar-refractivity contribution in [3.63, 3.8) is 0 Å². The van der Waals surface area contributed by atoms with Crippen LogP contribution in [0, 0.1) is 6.92 Å². The number of aliphatic hydroxyl groups is 1. The van der Waals surface area contributed by atoms with Gasteiger partial charge in [-0.15, -0.1) is 0 Å². The Hall–Kier alpha value is -1.92. The lowest BCUT2D eigenvalue weighted by atomic mass is 10.2. The van der Waals surface area contributed by atoms with Crippen LogP contribution in [0.1, 0.15) is 11.1 Å². The van der Waals surface area contributed by atoms with Crippen LogP contribution in [0.5, 0.6) is 0 Å². The molecule has 0 saturated carbocycles. The number of aromatic nitrogens is 1. The molecule has 5 nitrogen and oxygen atoms in total. The second kappa shape index (κ2) is 5.38. The summed E-state index contributed by atoms with van der Waals surface area (Å²) in [6.07, 6.45) is 3.06. The lowest BCUT2D eigenvalue weighted by Gasteiger charge is -2.10. The highest BCUT2D eigenvalue weighted by Crippen LogP contribution is 2.19. The second-order valence-corrected chi connectivity index (χ2v) is 5.78. The summed E-state index contributed by atoms with van der Waals surface area (Å²) in [5.41, 5.74) is 1.78. The molecule has 0 radical (unpaired) electrons. The largest absolute Gasteiger partial charge is 0.392 e. The van der Waals surface area contributed by atoms with Crippen molar-refractivity contribution in [3.8, 4) is 0 Å². The summed E-state index contributed by atoms with van der Waals surface area (Å²) in [7, 11) is -3.67. The maximum absolute atomic E-state index is 12.2. The van der Waals surface area contributed by atoms with E-state index >= 15 is 0 Å². The van der Waals surface area contributed by atoms with Crippen LogP contribution in [0.2, 0.25) is 0 Å². The minimum atomic E-state index is -3.67. The Kier molecular flexibility index (Phi) is 3.82. The number of nitrogens with zero attached hydrogens (tertiary/aromatic N) is 1. The van der Waals surface area contributed by atoms with E-state index in [0.717, 1.165) is 5.56 Å². The molecule has 0 atom stereocenters. The van der Waals surface area contributed by atoms with E-state index in [2.05, 4.69) is 9.71 Å². The predicted molar refractivity (Wildman–Crippen MR) is 72.1 cm³/mol. The number of nitrogens with one attached hydrogen (secondary N) is 1. The molecule has 0 amide bonds. The Bertz CT molecular complexity index is 684. The zero-order valence-corrected chi connectivity index (χ0v) is 11.2. The van der Waals surface area contributed by atoms with Crippen LogP contribution in [0.25, 0.3) is 0 Å². The first kappa shape index (κ1) is 13.5. The van der Waals surface area contributed by atoms with E-state index in [4.69, 9.17) is 5.11 Å². The van der Waals surface area contributed by atoms with Crippen molar-refractivity contribution in [2.75, 3.05) is 4.72 Å². The molecular formula is C13H14N2O3S. The Morgan fingerprint density at radius 2 is 2.11 bits per heavy atom. The third-order valence-corrected chi connectivity index (χ3v) is 4.04. The molecule has 2 N–H and O–H groups in total. The molecule has 1 aromatic carbocycles. The van der Waals surface area contributed by atoms with Gasteiger partial charge in [0.2, 0.25) is 0 Å². The zero-order chi connectivity index (χ0) is 13.9. The lowest BCUT2D eigenvalue weighted by Crippen LogP contribution is -2.14. The Morgan fingerprint density at radius 3 is 2.79 bits per heavy atom. The smallest absolute Gasteiger partial charge is 0.261 e. The van der Waals surface area contributed by atoms with Crippen LogP contribution in [0.3, 0.4) is 0 Å². The molecule has 0 spiro atoms. The van der Waals surface area contributed by atoms with Crippen molar-refractivity contribution in [1.82, 2.24) is 4.98 Å². The van der Waals surface area contributed by atoms with E-state index in [1.54, 1.807) is 31.3 Å². The van der Waals surface area contributed by atoms with Crippen LogP contribution in [-0.4, -0.2) is 18.5 Å². The summed E-state index contributed by atoms with van der Waals surface area (Å²) in [6, 6.07) is 7.90. The number of hydrogen-bond acceptors (Lipinski definition) is 4. The number of sulfonamides is 1. The van der Waals surface area contributed by atoms with Gasteiger partial charge in [0, 0.05) is 6.20 Å². The van der Waals surface area contributed by atoms with E-state index in [-0.39, 0.29) is 11.5 Å². The molecular weight excluding hydrogens is 264 g/mol. The fourth-order valence-electron chi connectivity index (χ4n) is 1.59. The number of aliphatic hydroxyl groups excluding tert-OH is 1. The van der Waals surface area contributed by atoms with Gasteiger partial charge in [0.15, 0.2) is 0 Å². The van der Waals surface area contributed by atoms with Gasteiger partial charge in [0.25, 0.3) is 10.0 Å². The molecule has 19 heavy (non-hydrogen) atoms. The molecule has 0 aliphatic rings. The first-order chi connectivity index (χ1) is 9.03. The Labute approximate surface area is 112 Å². The summed E-state index contributed by atoms with van der Waals surface area (Å²) in [5, 5.41) is 9.04. The molecule has 0 aliphatic carbocycles. The van der Waals surface area contributed by atoms with Crippen LogP contribution in [0.4, 0.5) is 5.69 Å². The van der Waals surface area contributed by atoms with Gasteiger partial charge in [-0.2, -0.15) is 0 Å². The van der Waals surface area contributed by atoms with Crippen molar-refractivity contribution >= 4 is 15.7 Å². The third-order valence-electron chi connectivity index (χ3n) is 2.67. The van der Waals surface area contributed by atoms with E-state index in [9.17, 15) is 8.42 Å². The topological polar surface area (TPSA) is 79.3 Å². The van der Waals surface area contributed by atoms with Gasteiger partial charge in [0.1, 0.15) is 0 Å². The number of aryl methyl sites for hydroxylation is 1. The average molecular weight is 278 g/mol. The summed E-state index contributed by atoms with van der Waals surface area (Å²) in [4.78, 5) is 4.00. The summed E-state index contributed by atoms with van der Waals surface area (Å²) < 4.78 is 26.9. The highest BCUT2D eigenvalue weighted by Gasteiger charge is 2.15. The molecule has 0 saturated heterocycles. The highest BCUT2D eigenvalue weighted by atomic mass is 32.2. The second-order valence-electron chi connectivity index (χ2n) is 4.10. The highest BCUT2D eigenvalue weighted by molar-refractivity contribution is 7.92. The standard InChI is InChI=1S/C13H14N2O3S/c1-10-5-6-14-8-13(10)15-19(17,18)12-4-2-3-11(7-12)9-16/h2-8,15-16H,9H2,1H3. The predicted octanol–water partition coefficient (Wildman–Crippen LogP) is 1.68. The zero-order valence-electron chi connectivity index (χ0n) is 10.4. The number of hydrogen-bond donors (Lipinski definition) is 2. The van der Waals surface area contributed by atoms with Gasteiger partial charge in [-0.3, -0.25) is 9.71 Å². The van der Waals surface area contributed by atoms with Gasteiger partial charge in [-0.25, -0.2) is 8.42 Å². The van der Waals surface area contributed by atoms with Crippen molar-refractivity contribution < 1.29 is 13.5 Å². The fraction of sp³-hybridized carbons (Fsp3) is 0.154. The first-order valence-electron chi connectivity index (χ1n) is 5.66. The van der Waals surface area contributed by atoms with Gasteiger partial charge in [-0.05, 0) is 36.2 Å². The van der Waals surface area contributed by atoms with Crippen molar-refractivity contribution in [3.05, 3.63) is 53.9 Å². The van der Waals surface area contributed by atoms with Crippen LogP contribution >= 0.6 is 0 Å². The van der Waals surface area contributed by atoms with Crippen molar-refractivity contribution in [2.24, 2.45) is 0 Å². The number of pyridine rings is 1. The molecule has 100 valence electrons. The molecule has 2 rings (SSSR count). The quantitative estimate of drug-likeness (QED) is 0.892. The minimum absolute atomic E-state index is 0.113. The van der Waals surface area contributed by atoms with E-state index in [1.165, 1.54) is 18.3 Å². The maximum Gasteiger partial charge on any atom is 0.261 e. The molecule has 1 aromatic heterocycles. The number of benzene rings is 1. The molecule has 0 fully saturated rings. The number of anilines is 1. The molecule has 6 heteroatoms. The van der Waals surface area contributed by atoms with Crippen LogP contribution in [0.15, 0.2) is 47.6 Å². The fourth-order valence-corrected chi connectivity index (χ4v) is 2.77. The van der Waals surface area contributed by atoms with Crippen LogP contribution in [-0.2, 0) is 16.6 Å². The average Bonchev–Trinajstić information content (AvgIpc) is 2.41. The SMILES string of the molecule is Cc1ccncc1NS(=O)(=O)c1cccc(CO)c1. The molecule has 1 heterocycles. The van der Waals surface area contributed by atoms with Crippen LogP contribution < -0.4 is 4.72 Å². The van der Waals surface area contributed by atoms with Gasteiger partial charge in [-0.1, -0.05) is 12.1 Å².